The van der Waals surface area contributed by atoms with Crippen LogP contribution in [0.25, 0.3) is 5.65 Å². The lowest BCUT2D eigenvalue weighted by Gasteiger charge is -2.32. The Morgan fingerprint density at radius 2 is 2.10 bits per heavy atom. The molecule has 0 aromatic carbocycles. The molecule has 1 unspecified atom stereocenters. The van der Waals surface area contributed by atoms with Gasteiger partial charge < -0.3 is 19.8 Å². The van der Waals surface area contributed by atoms with Gasteiger partial charge in [-0.3, -0.25) is 4.90 Å². The van der Waals surface area contributed by atoms with E-state index in [-0.39, 0.29) is 0 Å². The normalized spacial score (nSPS) is 24.0. The van der Waals surface area contributed by atoms with Gasteiger partial charge in [0.15, 0.2) is 11.5 Å². The van der Waals surface area contributed by atoms with Gasteiger partial charge in [0.2, 0.25) is 0 Å². The average Bonchev–Trinajstić information content (AvgIpc) is 3.16. The number of rotatable bonds is 2. The number of aromatic nitrogens is 3. The number of nitrogen functional groups attached to an aromatic ring is 1. The van der Waals surface area contributed by atoms with Gasteiger partial charge in [0.1, 0.15) is 5.82 Å². The second kappa shape index (κ2) is 5.16. The van der Waals surface area contributed by atoms with Crippen LogP contribution in [0.5, 0.6) is 0 Å². The van der Waals surface area contributed by atoms with Crippen molar-refractivity contribution in [2.24, 2.45) is 0 Å². The van der Waals surface area contributed by atoms with Crippen LogP contribution in [0.4, 0.5) is 11.6 Å². The van der Waals surface area contributed by atoms with Gasteiger partial charge in [-0.05, 0) is 6.42 Å². The zero-order chi connectivity index (χ0) is 14.2. The van der Waals surface area contributed by atoms with Crippen molar-refractivity contribution < 1.29 is 4.74 Å². The van der Waals surface area contributed by atoms with Gasteiger partial charge in [-0.1, -0.05) is 0 Å². The van der Waals surface area contributed by atoms with E-state index in [9.17, 15) is 0 Å². The van der Waals surface area contributed by atoms with E-state index in [1.807, 2.05) is 10.6 Å². The van der Waals surface area contributed by atoms with E-state index in [1.165, 1.54) is 0 Å². The summed E-state index contributed by atoms with van der Waals surface area (Å²) < 4.78 is 7.38. The molecule has 2 fully saturated rings. The number of morpholine rings is 1. The summed E-state index contributed by atoms with van der Waals surface area (Å²) in [5.41, 5.74) is 6.80. The number of hydrogen-bond acceptors (Lipinski definition) is 6. The second-order valence-electron chi connectivity index (χ2n) is 5.68. The largest absolute Gasteiger partial charge is 0.382 e. The topological polar surface area (TPSA) is 71.9 Å². The van der Waals surface area contributed by atoms with Gasteiger partial charge in [-0.2, -0.15) is 0 Å². The van der Waals surface area contributed by atoms with E-state index in [0.717, 1.165) is 57.3 Å². The fourth-order valence-electron chi connectivity index (χ4n) is 3.32. The highest BCUT2D eigenvalue weighted by Crippen LogP contribution is 2.26. The number of anilines is 2. The maximum absolute atomic E-state index is 5.92. The summed E-state index contributed by atoms with van der Waals surface area (Å²) in [5, 5.41) is 0. The first kappa shape index (κ1) is 12.8. The Hall–Kier alpha value is -1.86. The Bertz CT molecular complexity index is 635. The maximum Gasteiger partial charge on any atom is 0.180 e. The monoisotopic (exact) mass is 288 g/mol. The van der Waals surface area contributed by atoms with Crippen LogP contribution in [-0.2, 0) is 4.74 Å². The third-order valence-electron chi connectivity index (χ3n) is 4.40. The SMILES string of the molecule is Nc1cn2ccnc2c(N2CCC(N3CCOCC3)C2)n1. The lowest BCUT2D eigenvalue weighted by molar-refractivity contribution is 0.0209. The fourth-order valence-corrected chi connectivity index (χ4v) is 3.32. The number of fused-ring (bicyclic) bond motifs is 1. The van der Waals surface area contributed by atoms with Gasteiger partial charge in [-0.25, -0.2) is 9.97 Å². The molecule has 2 N–H and O–H groups in total. The van der Waals surface area contributed by atoms with Crippen molar-refractivity contribution in [3.05, 3.63) is 18.6 Å². The smallest absolute Gasteiger partial charge is 0.180 e. The Morgan fingerprint density at radius 1 is 1.24 bits per heavy atom. The minimum atomic E-state index is 0.533. The standard InChI is InChI=1S/C14H20N6O/c15-12-10-20-4-2-16-13(20)14(17-12)19-3-1-11(9-19)18-5-7-21-8-6-18/h2,4,10-11H,1,3,5-9,15H2. The maximum atomic E-state index is 5.92. The molecular weight excluding hydrogens is 268 g/mol. The molecule has 7 heteroatoms. The Kier molecular flexibility index (Phi) is 3.16. The third-order valence-corrected chi connectivity index (χ3v) is 4.40. The number of ether oxygens (including phenoxy) is 1. The molecule has 2 aliphatic heterocycles. The molecule has 112 valence electrons. The summed E-state index contributed by atoms with van der Waals surface area (Å²) in [6, 6.07) is 0.576. The van der Waals surface area contributed by atoms with Crippen LogP contribution in [0.3, 0.4) is 0 Å². The zero-order valence-electron chi connectivity index (χ0n) is 12.0. The molecule has 2 aromatic rings. The third kappa shape index (κ3) is 2.32. The van der Waals surface area contributed by atoms with Gasteiger partial charge >= 0.3 is 0 Å². The summed E-state index contributed by atoms with van der Waals surface area (Å²) in [7, 11) is 0. The van der Waals surface area contributed by atoms with Crippen molar-refractivity contribution in [3.8, 4) is 0 Å². The fraction of sp³-hybridized carbons (Fsp3) is 0.571. The molecule has 0 aliphatic carbocycles. The summed E-state index contributed by atoms with van der Waals surface area (Å²) in [4.78, 5) is 13.8. The van der Waals surface area contributed by atoms with Gasteiger partial charge in [0.25, 0.3) is 0 Å². The quantitative estimate of drug-likeness (QED) is 0.852. The molecule has 0 saturated carbocycles. The number of nitrogens with two attached hydrogens (primary N) is 1. The average molecular weight is 288 g/mol. The van der Waals surface area contributed by atoms with Crippen LogP contribution in [0, 0.1) is 0 Å². The highest BCUT2D eigenvalue weighted by molar-refractivity contribution is 5.66. The molecule has 0 amide bonds. The van der Waals surface area contributed by atoms with E-state index >= 15 is 0 Å². The second-order valence-corrected chi connectivity index (χ2v) is 5.68. The number of nitrogens with zero attached hydrogens (tertiary/aromatic N) is 5. The Labute approximate surface area is 123 Å². The van der Waals surface area contributed by atoms with E-state index in [0.29, 0.717) is 11.9 Å². The van der Waals surface area contributed by atoms with E-state index < -0.39 is 0 Å². The Morgan fingerprint density at radius 3 is 2.95 bits per heavy atom. The first-order chi connectivity index (χ1) is 10.3. The first-order valence-corrected chi connectivity index (χ1v) is 7.47. The predicted octanol–water partition coefficient (Wildman–Crippen LogP) is 0.222. The molecule has 0 spiro atoms. The van der Waals surface area contributed by atoms with Crippen LogP contribution >= 0.6 is 0 Å². The van der Waals surface area contributed by atoms with E-state index in [2.05, 4.69) is 19.8 Å². The zero-order valence-corrected chi connectivity index (χ0v) is 12.0. The molecule has 2 aliphatic rings. The van der Waals surface area contributed by atoms with Crippen molar-refractivity contribution in [2.75, 3.05) is 50.0 Å². The van der Waals surface area contributed by atoms with Gasteiger partial charge in [0, 0.05) is 44.6 Å². The molecule has 0 radical (unpaired) electrons. The molecule has 4 heterocycles. The van der Waals surface area contributed by atoms with Crippen LogP contribution < -0.4 is 10.6 Å². The van der Waals surface area contributed by atoms with Gasteiger partial charge in [-0.15, -0.1) is 0 Å². The molecule has 1 atom stereocenters. The lowest BCUT2D eigenvalue weighted by Crippen LogP contribution is -2.44. The van der Waals surface area contributed by atoms with E-state index in [4.69, 9.17) is 10.5 Å². The van der Waals surface area contributed by atoms with Crippen LogP contribution in [0.15, 0.2) is 18.6 Å². The highest BCUT2D eigenvalue weighted by Gasteiger charge is 2.30. The molecule has 0 bridgehead atoms. The molecule has 2 aromatic heterocycles. The van der Waals surface area contributed by atoms with Gasteiger partial charge in [0.05, 0.1) is 19.4 Å². The molecule has 2 saturated heterocycles. The number of hydrogen-bond donors (Lipinski definition) is 1. The van der Waals surface area contributed by atoms with Crippen molar-refractivity contribution >= 4 is 17.3 Å². The number of imidazole rings is 1. The predicted molar refractivity (Wildman–Crippen MR) is 80.4 cm³/mol. The van der Waals surface area contributed by atoms with E-state index in [1.54, 1.807) is 12.4 Å². The summed E-state index contributed by atoms with van der Waals surface area (Å²) >= 11 is 0. The molecule has 4 rings (SSSR count). The van der Waals surface area contributed by atoms with Crippen LogP contribution in [0.1, 0.15) is 6.42 Å². The van der Waals surface area contributed by atoms with Crippen molar-refractivity contribution in [1.82, 2.24) is 19.3 Å². The Balaban J connectivity index is 1.57. The summed E-state index contributed by atoms with van der Waals surface area (Å²) in [6.07, 6.45) is 6.66. The first-order valence-electron chi connectivity index (χ1n) is 7.47. The minimum Gasteiger partial charge on any atom is -0.382 e. The summed E-state index contributed by atoms with van der Waals surface area (Å²) in [6.45, 7) is 5.73. The summed E-state index contributed by atoms with van der Waals surface area (Å²) in [5.74, 6) is 1.43. The van der Waals surface area contributed by atoms with Crippen LogP contribution in [0.2, 0.25) is 0 Å². The van der Waals surface area contributed by atoms with Crippen molar-refractivity contribution in [2.45, 2.75) is 12.5 Å². The lowest BCUT2D eigenvalue weighted by atomic mass is 10.2. The molecule has 7 nitrogen and oxygen atoms in total. The van der Waals surface area contributed by atoms with Crippen LogP contribution in [-0.4, -0.2) is 64.7 Å². The molecular formula is C14H20N6O. The van der Waals surface area contributed by atoms with Crippen molar-refractivity contribution in [3.63, 3.8) is 0 Å². The minimum absolute atomic E-state index is 0.533. The molecule has 21 heavy (non-hydrogen) atoms. The highest BCUT2D eigenvalue weighted by atomic mass is 16.5. The van der Waals surface area contributed by atoms with Crippen molar-refractivity contribution in [1.29, 1.82) is 0 Å².